The molecule has 0 aromatic carbocycles. The first-order chi connectivity index (χ1) is 8.85. The quantitative estimate of drug-likeness (QED) is 0.438. The number of ether oxygens (including phenoxy) is 2. The molecule has 4 nitrogen and oxygen atoms in total. The van der Waals surface area contributed by atoms with Crippen LogP contribution in [0.4, 0.5) is 0 Å². The summed E-state index contributed by atoms with van der Waals surface area (Å²) in [4.78, 5) is 11.7. The van der Waals surface area contributed by atoms with Gasteiger partial charge in [-0.15, -0.1) is 0 Å². The first-order valence-electron chi connectivity index (χ1n) is 6.75. The van der Waals surface area contributed by atoms with Crippen LogP contribution in [0, 0.1) is 6.92 Å². The second-order valence-corrected chi connectivity index (χ2v) is 11.5. The van der Waals surface area contributed by atoms with Gasteiger partial charge in [0.15, 0.2) is 0 Å². The van der Waals surface area contributed by atoms with Crippen molar-refractivity contribution < 1.29 is 14.3 Å². The van der Waals surface area contributed by atoms with E-state index in [0.717, 1.165) is 18.3 Å². The van der Waals surface area contributed by atoms with Gasteiger partial charge in [0.2, 0.25) is 0 Å². The summed E-state index contributed by atoms with van der Waals surface area (Å²) < 4.78 is 12.6. The van der Waals surface area contributed by atoms with Crippen molar-refractivity contribution in [2.24, 2.45) is 0 Å². The van der Waals surface area contributed by atoms with Crippen molar-refractivity contribution >= 4 is 14.0 Å². The minimum Gasteiger partial charge on any atom is -0.462 e. The van der Waals surface area contributed by atoms with Crippen LogP contribution in [0.15, 0.2) is 12.3 Å². The topological polar surface area (TPSA) is 40.5 Å². The minimum atomic E-state index is -1.04. The molecule has 1 aromatic rings. The zero-order valence-corrected chi connectivity index (χ0v) is 13.7. The van der Waals surface area contributed by atoms with E-state index in [4.69, 9.17) is 9.47 Å². The molecule has 1 rings (SSSR count). The summed E-state index contributed by atoms with van der Waals surface area (Å²) in [5.41, 5.74) is 1.52. The van der Waals surface area contributed by atoms with E-state index in [1.165, 1.54) is 0 Å². The van der Waals surface area contributed by atoms with E-state index < -0.39 is 8.07 Å². The monoisotopic (exact) mass is 283 g/mol. The standard InChI is InChI=1S/C14H25NO3Si/c1-6-18-14(16)13-7-8-15(12(13)2)11-17-9-10-19(3,4)5/h7-8H,6,9-11H2,1-5H3. The molecule has 19 heavy (non-hydrogen) atoms. The third-order valence-electron chi connectivity index (χ3n) is 2.96. The molecular weight excluding hydrogens is 258 g/mol. The molecule has 1 aromatic heterocycles. The maximum absolute atomic E-state index is 11.7. The summed E-state index contributed by atoms with van der Waals surface area (Å²) in [6.45, 7) is 12.4. The third kappa shape index (κ3) is 5.20. The van der Waals surface area contributed by atoms with E-state index in [2.05, 4.69) is 19.6 Å². The SMILES string of the molecule is CCOC(=O)c1ccn(COCC[Si](C)(C)C)c1C. The number of esters is 1. The highest BCUT2D eigenvalue weighted by Gasteiger charge is 2.14. The van der Waals surface area contributed by atoms with Gasteiger partial charge in [0.05, 0.1) is 12.2 Å². The predicted molar refractivity (Wildman–Crippen MR) is 79.2 cm³/mol. The second kappa shape index (κ2) is 6.91. The summed E-state index contributed by atoms with van der Waals surface area (Å²) in [5, 5.41) is 0. The molecule has 0 N–H and O–H groups in total. The Morgan fingerprint density at radius 3 is 2.63 bits per heavy atom. The average Bonchev–Trinajstić information content (AvgIpc) is 2.65. The molecule has 0 atom stereocenters. The summed E-state index contributed by atoms with van der Waals surface area (Å²) in [6, 6.07) is 2.94. The van der Waals surface area contributed by atoms with E-state index in [-0.39, 0.29) is 5.97 Å². The van der Waals surface area contributed by atoms with Gasteiger partial charge in [-0.3, -0.25) is 0 Å². The lowest BCUT2D eigenvalue weighted by atomic mass is 10.2. The van der Waals surface area contributed by atoms with Crippen LogP contribution in [0.25, 0.3) is 0 Å². The molecular formula is C14H25NO3Si. The van der Waals surface area contributed by atoms with Gasteiger partial charge in [0.1, 0.15) is 6.73 Å². The Morgan fingerprint density at radius 1 is 1.37 bits per heavy atom. The Bertz CT molecular complexity index is 421. The second-order valence-electron chi connectivity index (χ2n) is 5.85. The van der Waals surface area contributed by atoms with Gasteiger partial charge in [0.25, 0.3) is 0 Å². The van der Waals surface area contributed by atoms with Crippen molar-refractivity contribution in [1.29, 1.82) is 0 Å². The molecule has 0 saturated heterocycles. The van der Waals surface area contributed by atoms with Crippen molar-refractivity contribution in [2.75, 3.05) is 13.2 Å². The van der Waals surface area contributed by atoms with Crippen LogP contribution in [0.2, 0.25) is 25.7 Å². The maximum atomic E-state index is 11.7. The Kier molecular flexibility index (Phi) is 5.81. The van der Waals surface area contributed by atoms with Gasteiger partial charge in [-0.1, -0.05) is 19.6 Å². The molecule has 108 valence electrons. The van der Waals surface area contributed by atoms with E-state index in [1.54, 1.807) is 6.07 Å². The molecule has 0 saturated carbocycles. The fourth-order valence-corrected chi connectivity index (χ4v) is 2.41. The molecule has 0 unspecified atom stereocenters. The number of carbonyl (C=O) groups excluding carboxylic acids is 1. The largest absolute Gasteiger partial charge is 0.462 e. The lowest BCUT2D eigenvalue weighted by molar-refractivity contribution is 0.0523. The van der Waals surface area contributed by atoms with Gasteiger partial charge in [0, 0.05) is 26.6 Å². The van der Waals surface area contributed by atoms with E-state index in [1.807, 2.05) is 24.6 Å². The highest BCUT2D eigenvalue weighted by atomic mass is 28.3. The number of carbonyl (C=O) groups is 1. The van der Waals surface area contributed by atoms with Crippen LogP contribution in [-0.2, 0) is 16.2 Å². The van der Waals surface area contributed by atoms with E-state index in [9.17, 15) is 4.79 Å². The zero-order chi connectivity index (χ0) is 14.5. The summed E-state index contributed by atoms with van der Waals surface area (Å²) >= 11 is 0. The highest BCUT2D eigenvalue weighted by Crippen LogP contribution is 2.13. The van der Waals surface area contributed by atoms with Crippen molar-refractivity contribution in [1.82, 2.24) is 4.57 Å². The van der Waals surface area contributed by atoms with Crippen LogP contribution in [0.1, 0.15) is 23.0 Å². The molecule has 0 aliphatic rings. The van der Waals surface area contributed by atoms with Gasteiger partial charge in [-0.2, -0.15) is 0 Å². The van der Waals surface area contributed by atoms with E-state index >= 15 is 0 Å². The predicted octanol–water partition coefficient (Wildman–Crippen LogP) is 3.29. The Labute approximate surface area is 116 Å². The van der Waals surface area contributed by atoms with E-state index in [0.29, 0.717) is 18.9 Å². The Morgan fingerprint density at radius 2 is 2.05 bits per heavy atom. The zero-order valence-electron chi connectivity index (χ0n) is 12.7. The van der Waals surface area contributed by atoms with Crippen LogP contribution in [0.3, 0.4) is 0 Å². The molecule has 0 spiro atoms. The van der Waals surface area contributed by atoms with Crippen molar-refractivity contribution in [3.63, 3.8) is 0 Å². The normalized spacial score (nSPS) is 11.6. The highest BCUT2D eigenvalue weighted by molar-refractivity contribution is 6.76. The third-order valence-corrected chi connectivity index (χ3v) is 4.67. The Hall–Kier alpha value is -1.07. The fourth-order valence-electron chi connectivity index (χ4n) is 1.66. The number of nitrogens with zero attached hydrogens (tertiary/aromatic N) is 1. The maximum Gasteiger partial charge on any atom is 0.339 e. The summed E-state index contributed by atoms with van der Waals surface area (Å²) in [7, 11) is -1.04. The van der Waals surface area contributed by atoms with Crippen LogP contribution < -0.4 is 0 Å². The van der Waals surface area contributed by atoms with Gasteiger partial charge in [-0.05, 0) is 26.0 Å². The molecule has 1 heterocycles. The fraction of sp³-hybridized carbons (Fsp3) is 0.643. The molecule has 0 amide bonds. The first-order valence-corrected chi connectivity index (χ1v) is 10.5. The van der Waals surface area contributed by atoms with Gasteiger partial charge < -0.3 is 14.0 Å². The van der Waals surface area contributed by atoms with Crippen molar-refractivity contribution in [3.8, 4) is 0 Å². The molecule has 0 radical (unpaired) electrons. The lowest BCUT2D eigenvalue weighted by Crippen LogP contribution is -2.22. The van der Waals surface area contributed by atoms with Crippen molar-refractivity contribution in [3.05, 3.63) is 23.5 Å². The summed E-state index contributed by atoms with van der Waals surface area (Å²) in [6.07, 6.45) is 1.87. The van der Waals surface area contributed by atoms with Gasteiger partial charge >= 0.3 is 5.97 Å². The molecule has 0 aliphatic heterocycles. The molecule has 0 fully saturated rings. The smallest absolute Gasteiger partial charge is 0.339 e. The average molecular weight is 283 g/mol. The number of aromatic nitrogens is 1. The van der Waals surface area contributed by atoms with Crippen LogP contribution in [0.5, 0.6) is 0 Å². The molecule has 5 heteroatoms. The summed E-state index contributed by atoms with van der Waals surface area (Å²) in [5.74, 6) is -0.263. The van der Waals surface area contributed by atoms with Crippen molar-refractivity contribution in [2.45, 2.75) is 46.3 Å². The van der Waals surface area contributed by atoms with Crippen LogP contribution in [-0.4, -0.2) is 31.8 Å². The molecule has 0 bridgehead atoms. The minimum absolute atomic E-state index is 0.263. The molecule has 0 aliphatic carbocycles. The number of hydrogen-bond donors (Lipinski definition) is 0. The van der Waals surface area contributed by atoms with Gasteiger partial charge in [-0.25, -0.2) is 4.79 Å². The lowest BCUT2D eigenvalue weighted by Gasteiger charge is -2.16. The first kappa shape index (κ1) is 16.0. The Balaban J connectivity index is 2.50. The number of rotatable bonds is 7. The van der Waals surface area contributed by atoms with Crippen LogP contribution >= 0.6 is 0 Å². The number of hydrogen-bond acceptors (Lipinski definition) is 3.